The number of carbonyl (C=O) groups excluding carboxylic acids is 1. The maximum atomic E-state index is 12.2. The molecule has 0 saturated carbocycles. The van der Waals surface area contributed by atoms with Crippen LogP contribution in [0.25, 0.3) is 0 Å². The van der Waals surface area contributed by atoms with Gasteiger partial charge in [-0.15, -0.1) is 11.8 Å². The summed E-state index contributed by atoms with van der Waals surface area (Å²) in [5, 5.41) is 2.88. The summed E-state index contributed by atoms with van der Waals surface area (Å²) in [7, 11) is 0. The van der Waals surface area contributed by atoms with Crippen LogP contribution in [0.15, 0.2) is 47.6 Å². The summed E-state index contributed by atoms with van der Waals surface area (Å²) in [6.45, 7) is 8.10. The van der Waals surface area contributed by atoms with Crippen molar-refractivity contribution in [3.8, 4) is 0 Å². The molecule has 0 fully saturated rings. The van der Waals surface area contributed by atoms with Gasteiger partial charge in [-0.25, -0.2) is 9.97 Å². The van der Waals surface area contributed by atoms with E-state index in [-0.39, 0.29) is 17.2 Å². The van der Waals surface area contributed by atoms with Crippen molar-refractivity contribution in [2.45, 2.75) is 38.0 Å². The fourth-order valence-corrected chi connectivity index (χ4v) is 2.80. The molecular formula is C18H23N3OS. The highest BCUT2D eigenvalue weighted by molar-refractivity contribution is 7.99. The minimum Gasteiger partial charge on any atom is -0.323 e. The zero-order chi connectivity index (χ0) is 16.9. The van der Waals surface area contributed by atoms with E-state index in [0.29, 0.717) is 5.69 Å². The smallest absolute Gasteiger partial charge is 0.228 e. The van der Waals surface area contributed by atoms with E-state index in [9.17, 15) is 4.79 Å². The molecule has 0 aliphatic heterocycles. The Labute approximate surface area is 142 Å². The van der Waals surface area contributed by atoms with Crippen LogP contribution in [0, 0.1) is 5.92 Å². The molecule has 0 spiro atoms. The van der Waals surface area contributed by atoms with Gasteiger partial charge in [-0.2, -0.15) is 0 Å². The Kier molecular flexibility index (Phi) is 5.77. The number of hydrogen-bond donors (Lipinski definition) is 1. The van der Waals surface area contributed by atoms with E-state index >= 15 is 0 Å². The summed E-state index contributed by atoms with van der Waals surface area (Å²) in [5.74, 6) is 1.39. The molecule has 2 rings (SSSR count). The number of nitrogens with zero attached hydrogens (tertiary/aromatic N) is 2. The molecule has 0 aliphatic rings. The number of carbonyl (C=O) groups is 1. The molecule has 4 nitrogen and oxygen atoms in total. The van der Waals surface area contributed by atoms with Gasteiger partial charge in [0.15, 0.2) is 0 Å². The van der Waals surface area contributed by atoms with Crippen LogP contribution in [0.1, 0.15) is 33.5 Å². The van der Waals surface area contributed by atoms with Crippen molar-refractivity contribution >= 4 is 23.4 Å². The van der Waals surface area contributed by atoms with Gasteiger partial charge >= 0.3 is 0 Å². The van der Waals surface area contributed by atoms with Gasteiger partial charge in [0.2, 0.25) is 5.91 Å². The zero-order valence-electron chi connectivity index (χ0n) is 14.0. The molecule has 2 aromatic rings. The van der Waals surface area contributed by atoms with Crippen molar-refractivity contribution in [3.63, 3.8) is 0 Å². The third-order valence-corrected chi connectivity index (χ3v) is 4.55. The Morgan fingerprint density at radius 2 is 1.78 bits per heavy atom. The second kappa shape index (κ2) is 7.59. The van der Waals surface area contributed by atoms with Crippen molar-refractivity contribution in [2.24, 2.45) is 5.92 Å². The first-order valence-corrected chi connectivity index (χ1v) is 8.66. The van der Waals surface area contributed by atoms with Gasteiger partial charge in [0.1, 0.15) is 5.82 Å². The lowest BCUT2D eigenvalue weighted by Crippen LogP contribution is -2.23. The van der Waals surface area contributed by atoms with Crippen molar-refractivity contribution in [3.05, 3.63) is 48.5 Å². The third-order valence-electron chi connectivity index (χ3n) is 3.28. The highest BCUT2D eigenvalue weighted by Gasteiger charge is 2.18. The monoisotopic (exact) mass is 329 g/mol. The van der Waals surface area contributed by atoms with Gasteiger partial charge in [-0.05, 0) is 12.1 Å². The predicted octanol–water partition coefficient (Wildman–Crippen LogP) is 4.14. The maximum absolute atomic E-state index is 12.2. The number of anilines is 1. The normalized spacial score (nSPS) is 12.7. The molecular weight excluding hydrogens is 306 g/mol. The number of benzene rings is 1. The Bertz CT molecular complexity index is 636. The average molecular weight is 329 g/mol. The summed E-state index contributed by atoms with van der Waals surface area (Å²) in [4.78, 5) is 22.1. The summed E-state index contributed by atoms with van der Waals surface area (Å²) in [5.41, 5.74) is 0.543. The van der Waals surface area contributed by atoms with Crippen molar-refractivity contribution in [1.29, 1.82) is 0 Å². The number of aromatic nitrogens is 2. The fraction of sp³-hybridized carbons (Fsp3) is 0.389. The standard InChI is InChI=1S/C18H23N3OS/c1-13(12-23-15-8-6-5-7-9-15)16(22)21-14-10-19-17(20-11-14)18(2,3)4/h5-11,13H,12H2,1-4H3,(H,21,22). The lowest BCUT2D eigenvalue weighted by Gasteiger charge is -2.16. The summed E-state index contributed by atoms with van der Waals surface area (Å²) in [6.07, 6.45) is 3.34. The van der Waals surface area contributed by atoms with Crippen LogP contribution in [-0.4, -0.2) is 21.6 Å². The van der Waals surface area contributed by atoms with E-state index in [1.54, 1.807) is 24.2 Å². The molecule has 1 N–H and O–H groups in total. The largest absolute Gasteiger partial charge is 0.323 e. The van der Waals surface area contributed by atoms with E-state index in [2.05, 4.69) is 36.1 Å². The first kappa shape index (κ1) is 17.5. The number of hydrogen-bond acceptors (Lipinski definition) is 4. The minimum absolute atomic E-state index is 0.0134. The summed E-state index contributed by atoms with van der Waals surface area (Å²) in [6, 6.07) is 10.1. The molecule has 0 radical (unpaired) electrons. The lowest BCUT2D eigenvalue weighted by molar-refractivity contribution is -0.118. The minimum atomic E-state index is -0.0951. The molecule has 0 saturated heterocycles. The SMILES string of the molecule is CC(CSc1ccccc1)C(=O)Nc1cnc(C(C)(C)C)nc1. The number of thioether (sulfide) groups is 1. The van der Waals surface area contributed by atoms with Gasteiger partial charge in [0.05, 0.1) is 18.1 Å². The molecule has 122 valence electrons. The van der Waals surface area contributed by atoms with Crippen LogP contribution in [0.2, 0.25) is 0 Å². The number of amides is 1. The van der Waals surface area contributed by atoms with E-state index in [0.717, 1.165) is 11.6 Å². The predicted molar refractivity (Wildman–Crippen MR) is 95.7 cm³/mol. The van der Waals surface area contributed by atoms with Crippen LogP contribution in [0.5, 0.6) is 0 Å². The van der Waals surface area contributed by atoms with E-state index < -0.39 is 0 Å². The van der Waals surface area contributed by atoms with Crippen LogP contribution in [0.3, 0.4) is 0 Å². The van der Waals surface area contributed by atoms with Crippen LogP contribution in [0.4, 0.5) is 5.69 Å². The Morgan fingerprint density at radius 3 is 2.35 bits per heavy atom. The summed E-state index contributed by atoms with van der Waals surface area (Å²) >= 11 is 1.68. The highest BCUT2D eigenvalue weighted by atomic mass is 32.2. The topological polar surface area (TPSA) is 54.9 Å². The molecule has 1 aromatic heterocycles. The van der Waals surface area contributed by atoms with E-state index in [1.165, 1.54) is 4.90 Å². The average Bonchev–Trinajstić information content (AvgIpc) is 2.53. The van der Waals surface area contributed by atoms with E-state index in [1.807, 2.05) is 37.3 Å². The van der Waals surface area contributed by atoms with Gasteiger partial charge < -0.3 is 5.32 Å². The van der Waals surface area contributed by atoms with E-state index in [4.69, 9.17) is 0 Å². The van der Waals surface area contributed by atoms with Crippen LogP contribution >= 0.6 is 11.8 Å². The Balaban J connectivity index is 1.88. The Morgan fingerprint density at radius 1 is 1.17 bits per heavy atom. The molecule has 1 heterocycles. The summed E-state index contributed by atoms with van der Waals surface area (Å²) < 4.78 is 0. The maximum Gasteiger partial charge on any atom is 0.228 e. The molecule has 23 heavy (non-hydrogen) atoms. The molecule has 1 aromatic carbocycles. The Hall–Kier alpha value is -1.88. The molecule has 1 amide bonds. The third kappa shape index (κ3) is 5.36. The number of nitrogens with one attached hydrogen (secondary N) is 1. The van der Waals surface area contributed by atoms with Gasteiger partial charge in [0.25, 0.3) is 0 Å². The van der Waals surface area contributed by atoms with Gasteiger partial charge in [0, 0.05) is 22.0 Å². The second-order valence-electron chi connectivity index (χ2n) is 6.56. The molecule has 0 bridgehead atoms. The first-order valence-electron chi connectivity index (χ1n) is 7.67. The lowest BCUT2D eigenvalue weighted by atomic mass is 9.96. The molecule has 1 unspecified atom stereocenters. The highest BCUT2D eigenvalue weighted by Crippen LogP contribution is 2.21. The van der Waals surface area contributed by atoms with Crippen molar-refractivity contribution < 1.29 is 4.79 Å². The van der Waals surface area contributed by atoms with Gasteiger partial charge in [-0.3, -0.25) is 4.79 Å². The molecule has 5 heteroatoms. The fourth-order valence-electron chi connectivity index (χ4n) is 1.86. The van der Waals surface area contributed by atoms with Crippen LogP contribution < -0.4 is 5.32 Å². The van der Waals surface area contributed by atoms with Crippen molar-refractivity contribution in [1.82, 2.24) is 9.97 Å². The first-order chi connectivity index (χ1) is 10.9. The van der Waals surface area contributed by atoms with Crippen molar-refractivity contribution in [2.75, 3.05) is 11.1 Å². The quantitative estimate of drug-likeness (QED) is 0.838. The number of rotatable bonds is 5. The zero-order valence-corrected chi connectivity index (χ0v) is 14.9. The van der Waals surface area contributed by atoms with Gasteiger partial charge in [-0.1, -0.05) is 45.9 Å². The van der Waals surface area contributed by atoms with Crippen LogP contribution in [-0.2, 0) is 10.2 Å². The molecule has 0 aliphatic carbocycles. The second-order valence-corrected chi connectivity index (χ2v) is 7.65. The molecule has 1 atom stereocenters.